The molecule has 0 saturated heterocycles. The van der Waals surface area contributed by atoms with Crippen molar-refractivity contribution in [2.45, 2.75) is 0 Å². The molecule has 0 bridgehead atoms. The highest BCUT2D eigenvalue weighted by Crippen LogP contribution is 2.22. The van der Waals surface area contributed by atoms with Crippen LogP contribution in [0.15, 0.2) is 0 Å². The summed E-state index contributed by atoms with van der Waals surface area (Å²) in [6, 6.07) is 0. The molecule has 0 rings (SSSR count). The van der Waals surface area contributed by atoms with Crippen molar-refractivity contribution < 1.29 is 10.2 Å². The van der Waals surface area contributed by atoms with E-state index < -0.39 is 0 Å². The van der Waals surface area contributed by atoms with Crippen LogP contribution in [0.4, 0.5) is 0 Å². The Morgan fingerprint density at radius 3 is 1.58 bits per heavy atom. The van der Waals surface area contributed by atoms with Gasteiger partial charge in [0.15, 0.2) is 0 Å². The van der Waals surface area contributed by atoms with Crippen LogP contribution in [-0.4, -0.2) is 32.3 Å². The molecule has 0 fully saturated rings. The highest BCUT2D eigenvalue weighted by atomic mass is 33.1. The molecule has 0 amide bonds. The van der Waals surface area contributed by atoms with Crippen LogP contribution < -0.4 is 10.6 Å². The first-order chi connectivity index (χ1) is 5.70. The monoisotopic (exact) mass is 244 g/mol. The average Bonchev–Trinajstić information content (AvgIpc) is 2.02. The first kappa shape index (κ1) is 12.4. The SMILES string of the molecule is OCNC(=S)SSC(=S)NCO. The minimum Gasteiger partial charge on any atom is -0.377 e. The van der Waals surface area contributed by atoms with Crippen molar-refractivity contribution in [3.63, 3.8) is 0 Å². The van der Waals surface area contributed by atoms with Gasteiger partial charge >= 0.3 is 0 Å². The van der Waals surface area contributed by atoms with E-state index in [2.05, 4.69) is 10.6 Å². The second-order valence-corrected chi connectivity index (χ2v) is 4.89. The van der Waals surface area contributed by atoms with Crippen LogP contribution in [0.2, 0.25) is 0 Å². The van der Waals surface area contributed by atoms with E-state index in [1.165, 1.54) is 21.6 Å². The number of hydrogen-bond donors (Lipinski definition) is 4. The van der Waals surface area contributed by atoms with Gasteiger partial charge in [0.2, 0.25) is 0 Å². The number of rotatable bonds is 2. The Hall–Kier alpha value is 0.400. The normalized spacial score (nSPS) is 9.17. The third-order valence-electron chi connectivity index (χ3n) is 0.640. The summed E-state index contributed by atoms with van der Waals surface area (Å²) >= 11 is 9.55. The molecule has 12 heavy (non-hydrogen) atoms. The maximum atomic E-state index is 8.40. The average molecular weight is 244 g/mol. The van der Waals surface area contributed by atoms with E-state index >= 15 is 0 Å². The van der Waals surface area contributed by atoms with Crippen molar-refractivity contribution in [3.8, 4) is 0 Å². The van der Waals surface area contributed by atoms with Gasteiger partial charge < -0.3 is 20.8 Å². The molecule has 0 aliphatic carbocycles. The summed E-state index contributed by atoms with van der Waals surface area (Å²) in [6.07, 6.45) is 0. The molecule has 0 spiro atoms. The van der Waals surface area contributed by atoms with Crippen molar-refractivity contribution in [2.75, 3.05) is 13.5 Å². The highest BCUT2D eigenvalue weighted by molar-refractivity contribution is 8.89. The molecule has 0 aliphatic rings. The number of nitrogens with one attached hydrogen (secondary N) is 2. The van der Waals surface area contributed by atoms with E-state index in [0.29, 0.717) is 8.64 Å². The van der Waals surface area contributed by atoms with Gasteiger partial charge in [-0.1, -0.05) is 24.4 Å². The predicted octanol–water partition coefficient (Wildman–Crippen LogP) is 0.0164. The number of hydrogen-bond acceptors (Lipinski definition) is 6. The second-order valence-electron chi connectivity index (χ2n) is 1.41. The Bertz CT molecular complexity index is 147. The number of aliphatic hydroxyl groups is 2. The van der Waals surface area contributed by atoms with Crippen LogP contribution in [0.3, 0.4) is 0 Å². The van der Waals surface area contributed by atoms with Gasteiger partial charge in [0.1, 0.15) is 22.1 Å². The fourth-order valence-electron chi connectivity index (χ4n) is 0.264. The first-order valence-corrected chi connectivity index (χ1v) is 5.79. The minimum atomic E-state index is -0.188. The summed E-state index contributed by atoms with van der Waals surface area (Å²) in [6.45, 7) is -0.376. The Labute approximate surface area is 88.9 Å². The first-order valence-electron chi connectivity index (χ1n) is 2.82. The summed E-state index contributed by atoms with van der Waals surface area (Å²) in [7, 11) is 2.42. The molecule has 8 heteroatoms. The van der Waals surface area contributed by atoms with E-state index in [1.54, 1.807) is 0 Å². The van der Waals surface area contributed by atoms with Gasteiger partial charge in [0.25, 0.3) is 0 Å². The van der Waals surface area contributed by atoms with Crippen LogP contribution in [0, 0.1) is 0 Å². The molecule has 70 valence electrons. The van der Waals surface area contributed by atoms with Crippen molar-refractivity contribution in [2.24, 2.45) is 0 Å². The molecular formula is C4H8N2O2S4. The lowest BCUT2D eigenvalue weighted by Crippen LogP contribution is -2.21. The maximum Gasteiger partial charge on any atom is 0.146 e. The molecular weight excluding hydrogens is 236 g/mol. The molecule has 0 radical (unpaired) electrons. The lowest BCUT2D eigenvalue weighted by Gasteiger charge is -2.04. The topological polar surface area (TPSA) is 64.5 Å². The van der Waals surface area contributed by atoms with E-state index in [0.717, 1.165) is 0 Å². The molecule has 0 aliphatic heterocycles. The number of thiocarbonyl (C=S) groups is 2. The van der Waals surface area contributed by atoms with Crippen molar-refractivity contribution in [1.29, 1.82) is 0 Å². The van der Waals surface area contributed by atoms with E-state index in [4.69, 9.17) is 34.6 Å². The zero-order valence-electron chi connectivity index (χ0n) is 5.94. The van der Waals surface area contributed by atoms with Crippen LogP contribution >= 0.6 is 46.0 Å². The molecule has 0 unspecified atom stereocenters. The molecule has 0 heterocycles. The Morgan fingerprint density at radius 2 is 1.33 bits per heavy atom. The molecule has 4 N–H and O–H groups in total. The summed E-state index contributed by atoms with van der Waals surface area (Å²) < 4.78 is 0.897. The quantitative estimate of drug-likeness (QED) is 0.308. The third kappa shape index (κ3) is 7.07. The minimum absolute atomic E-state index is 0.188. The van der Waals surface area contributed by atoms with Crippen LogP contribution in [-0.2, 0) is 0 Å². The molecule has 4 nitrogen and oxygen atoms in total. The lowest BCUT2D eigenvalue weighted by molar-refractivity contribution is 0.287. The lowest BCUT2D eigenvalue weighted by atomic mass is 11.2. The predicted molar refractivity (Wildman–Crippen MR) is 60.8 cm³/mol. The Morgan fingerprint density at radius 1 is 1.00 bits per heavy atom. The Balaban J connectivity index is 3.40. The third-order valence-corrected chi connectivity index (χ3v) is 3.99. The van der Waals surface area contributed by atoms with Crippen LogP contribution in [0.1, 0.15) is 0 Å². The summed E-state index contributed by atoms with van der Waals surface area (Å²) in [5.74, 6) is 0. The zero-order valence-corrected chi connectivity index (χ0v) is 9.21. The van der Waals surface area contributed by atoms with Crippen molar-refractivity contribution in [1.82, 2.24) is 10.6 Å². The second kappa shape index (κ2) is 8.02. The maximum absolute atomic E-state index is 8.40. The Kier molecular flexibility index (Phi) is 8.29. The molecule has 0 aromatic rings. The van der Waals surface area contributed by atoms with Gasteiger partial charge in [-0.05, 0) is 21.6 Å². The van der Waals surface area contributed by atoms with Gasteiger partial charge in [0.05, 0.1) is 0 Å². The molecule has 0 saturated carbocycles. The zero-order chi connectivity index (χ0) is 9.40. The van der Waals surface area contributed by atoms with Crippen LogP contribution in [0.25, 0.3) is 0 Å². The standard InChI is InChI=1S/C4H8N2O2S4/c7-1-5-3(9)11-12-4(10)6-2-8/h7-8H,1-2H2,(H,5,9)(H,6,10). The number of aliphatic hydroxyl groups excluding tert-OH is 2. The van der Waals surface area contributed by atoms with Gasteiger partial charge in [0, 0.05) is 0 Å². The van der Waals surface area contributed by atoms with E-state index in [-0.39, 0.29) is 13.5 Å². The van der Waals surface area contributed by atoms with Crippen molar-refractivity contribution >= 4 is 54.7 Å². The van der Waals surface area contributed by atoms with Gasteiger partial charge in [-0.25, -0.2) is 0 Å². The summed E-state index contributed by atoms with van der Waals surface area (Å²) in [4.78, 5) is 0. The van der Waals surface area contributed by atoms with E-state index in [1.807, 2.05) is 0 Å². The van der Waals surface area contributed by atoms with Gasteiger partial charge in [-0.3, -0.25) is 0 Å². The molecule has 0 aromatic heterocycles. The summed E-state index contributed by atoms with van der Waals surface area (Å²) in [5.41, 5.74) is 0. The summed E-state index contributed by atoms with van der Waals surface area (Å²) in [5, 5.41) is 21.8. The fraction of sp³-hybridized carbons (Fsp3) is 0.500. The van der Waals surface area contributed by atoms with Gasteiger partial charge in [-0.2, -0.15) is 0 Å². The van der Waals surface area contributed by atoms with Crippen molar-refractivity contribution in [3.05, 3.63) is 0 Å². The van der Waals surface area contributed by atoms with Gasteiger partial charge in [-0.15, -0.1) is 0 Å². The largest absolute Gasteiger partial charge is 0.377 e. The molecule has 0 aromatic carbocycles. The van der Waals surface area contributed by atoms with Crippen LogP contribution in [0.5, 0.6) is 0 Å². The smallest absolute Gasteiger partial charge is 0.146 e. The highest BCUT2D eigenvalue weighted by Gasteiger charge is 2.00. The fourth-order valence-corrected chi connectivity index (χ4v) is 2.21. The molecule has 0 atom stereocenters. The van der Waals surface area contributed by atoms with E-state index in [9.17, 15) is 0 Å².